The second-order valence-electron chi connectivity index (χ2n) is 5.19. The fourth-order valence-electron chi connectivity index (χ4n) is 2.31. The predicted molar refractivity (Wildman–Crippen MR) is 85.9 cm³/mol. The summed E-state index contributed by atoms with van der Waals surface area (Å²) in [5.41, 5.74) is 4.80. The Balaban J connectivity index is 2.83. The summed E-state index contributed by atoms with van der Waals surface area (Å²) in [5, 5.41) is 3.32. The maximum absolute atomic E-state index is 11.9. The monoisotopic (exact) mass is 293 g/mol. The van der Waals surface area contributed by atoms with Gasteiger partial charge in [-0.25, -0.2) is 4.79 Å². The smallest absolute Gasteiger partial charge is 0.328 e. The van der Waals surface area contributed by atoms with Crippen LogP contribution in [0.2, 0.25) is 0 Å². The van der Waals surface area contributed by atoms with Gasteiger partial charge in [-0.2, -0.15) is 0 Å². The fourth-order valence-corrected chi connectivity index (χ4v) is 2.31. The molecule has 0 amide bonds. The van der Waals surface area contributed by atoms with E-state index in [9.17, 15) is 4.79 Å². The molecule has 0 aliphatic heterocycles. The number of esters is 1. The number of anilines is 1. The number of aryl methyl sites for hydroxylation is 3. The zero-order chi connectivity index (χ0) is 15.8. The van der Waals surface area contributed by atoms with E-state index < -0.39 is 0 Å². The van der Waals surface area contributed by atoms with Crippen LogP contribution >= 0.6 is 0 Å². The van der Waals surface area contributed by atoms with Crippen molar-refractivity contribution in [3.63, 3.8) is 0 Å². The Hall–Kier alpha value is -1.55. The third-order valence-electron chi connectivity index (χ3n) is 3.45. The summed E-state index contributed by atoms with van der Waals surface area (Å²) >= 11 is 0. The number of carbonyl (C=O) groups excluding carboxylic acids is 1. The van der Waals surface area contributed by atoms with Crippen LogP contribution in [0.3, 0.4) is 0 Å². The third kappa shape index (κ3) is 5.05. The standard InChI is InChI=1S/C17H27NO3/c1-6-14-10-12(3)11-15(7-2)16(14)18-13(4)17(19)21-9-8-20-5/h10-11,13,18H,6-9H2,1-5H3/t13-/m0/s1. The Bertz CT molecular complexity index is 446. The predicted octanol–water partition coefficient (Wildman–Crippen LogP) is 3.11. The number of methoxy groups -OCH3 is 1. The first-order valence-electron chi connectivity index (χ1n) is 7.57. The topological polar surface area (TPSA) is 47.6 Å². The van der Waals surface area contributed by atoms with Gasteiger partial charge in [0.25, 0.3) is 0 Å². The molecule has 1 aromatic rings. The quantitative estimate of drug-likeness (QED) is 0.591. The van der Waals surface area contributed by atoms with Crippen LogP contribution in [0.25, 0.3) is 0 Å². The molecule has 1 rings (SSSR count). The van der Waals surface area contributed by atoms with Crippen LogP contribution in [0.15, 0.2) is 12.1 Å². The zero-order valence-electron chi connectivity index (χ0n) is 13.8. The van der Waals surface area contributed by atoms with Crippen molar-refractivity contribution in [3.8, 4) is 0 Å². The minimum absolute atomic E-state index is 0.253. The van der Waals surface area contributed by atoms with Crippen LogP contribution in [0.5, 0.6) is 0 Å². The highest BCUT2D eigenvalue weighted by Gasteiger charge is 2.17. The Kier molecular flexibility index (Phi) is 7.23. The van der Waals surface area contributed by atoms with E-state index in [0.29, 0.717) is 6.61 Å². The minimum Gasteiger partial charge on any atom is -0.462 e. The van der Waals surface area contributed by atoms with E-state index in [4.69, 9.17) is 9.47 Å². The summed E-state index contributed by atoms with van der Waals surface area (Å²) in [4.78, 5) is 11.9. The lowest BCUT2D eigenvalue weighted by atomic mass is 9.99. The molecule has 1 atom stereocenters. The summed E-state index contributed by atoms with van der Waals surface area (Å²) in [7, 11) is 1.59. The van der Waals surface area contributed by atoms with E-state index in [1.165, 1.54) is 16.7 Å². The zero-order valence-corrected chi connectivity index (χ0v) is 13.8. The maximum Gasteiger partial charge on any atom is 0.328 e. The van der Waals surface area contributed by atoms with Gasteiger partial charge >= 0.3 is 5.97 Å². The number of hydrogen-bond donors (Lipinski definition) is 1. The Morgan fingerprint density at radius 1 is 1.19 bits per heavy atom. The Labute approximate surface area is 127 Å². The molecule has 0 bridgehead atoms. The molecule has 21 heavy (non-hydrogen) atoms. The van der Waals surface area contributed by atoms with Crippen LogP contribution in [-0.2, 0) is 27.1 Å². The summed E-state index contributed by atoms with van der Waals surface area (Å²) < 4.78 is 10.0. The molecule has 0 fully saturated rings. The van der Waals surface area contributed by atoms with Crippen LogP contribution < -0.4 is 5.32 Å². The molecule has 0 radical (unpaired) electrons. The molecular formula is C17H27NO3. The SMILES string of the molecule is CCc1cc(C)cc(CC)c1N[C@@H](C)C(=O)OCCOC. The van der Waals surface area contributed by atoms with Crippen molar-refractivity contribution in [2.45, 2.75) is 46.6 Å². The molecule has 0 unspecified atom stereocenters. The van der Waals surface area contributed by atoms with Crippen LogP contribution in [0.4, 0.5) is 5.69 Å². The van der Waals surface area contributed by atoms with Crippen molar-refractivity contribution in [2.24, 2.45) is 0 Å². The van der Waals surface area contributed by atoms with Gasteiger partial charge in [0.2, 0.25) is 0 Å². The lowest BCUT2D eigenvalue weighted by Crippen LogP contribution is -2.30. The molecule has 4 nitrogen and oxygen atoms in total. The molecule has 1 N–H and O–H groups in total. The first-order valence-corrected chi connectivity index (χ1v) is 7.57. The fraction of sp³-hybridized carbons (Fsp3) is 0.588. The van der Waals surface area contributed by atoms with Crippen molar-refractivity contribution in [3.05, 3.63) is 28.8 Å². The van der Waals surface area contributed by atoms with Crippen LogP contribution in [-0.4, -0.2) is 32.3 Å². The highest BCUT2D eigenvalue weighted by molar-refractivity contribution is 5.79. The van der Waals surface area contributed by atoms with E-state index in [2.05, 4.69) is 38.2 Å². The number of nitrogens with one attached hydrogen (secondary N) is 1. The molecule has 0 aliphatic carbocycles. The van der Waals surface area contributed by atoms with Gasteiger partial charge < -0.3 is 14.8 Å². The van der Waals surface area contributed by atoms with Crippen molar-refractivity contribution in [1.29, 1.82) is 0 Å². The van der Waals surface area contributed by atoms with Gasteiger partial charge in [-0.3, -0.25) is 0 Å². The summed E-state index contributed by atoms with van der Waals surface area (Å²) in [6, 6.07) is 3.97. The molecule has 0 saturated heterocycles. The number of rotatable bonds is 8. The van der Waals surface area contributed by atoms with Gasteiger partial charge in [0.05, 0.1) is 6.61 Å². The van der Waals surface area contributed by atoms with Crippen molar-refractivity contribution >= 4 is 11.7 Å². The summed E-state index contributed by atoms with van der Waals surface area (Å²) in [6.07, 6.45) is 1.87. The average molecular weight is 293 g/mol. The number of benzene rings is 1. The van der Waals surface area contributed by atoms with Gasteiger partial charge in [0, 0.05) is 12.8 Å². The normalized spacial score (nSPS) is 12.0. The number of carbonyl (C=O) groups is 1. The van der Waals surface area contributed by atoms with Gasteiger partial charge in [0.15, 0.2) is 0 Å². The summed E-state index contributed by atoms with van der Waals surface area (Å²) in [6.45, 7) is 8.89. The molecule has 4 heteroatoms. The number of hydrogen-bond acceptors (Lipinski definition) is 4. The average Bonchev–Trinajstić information content (AvgIpc) is 2.48. The molecule has 0 spiro atoms. The summed E-state index contributed by atoms with van der Waals surface area (Å²) in [5.74, 6) is -0.253. The van der Waals surface area contributed by atoms with Gasteiger partial charge in [0.1, 0.15) is 12.6 Å². The van der Waals surface area contributed by atoms with E-state index in [-0.39, 0.29) is 18.6 Å². The van der Waals surface area contributed by atoms with Crippen LogP contribution in [0, 0.1) is 6.92 Å². The molecular weight excluding hydrogens is 266 g/mol. The lowest BCUT2D eigenvalue weighted by Gasteiger charge is -2.20. The lowest BCUT2D eigenvalue weighted by molar-refractivity contribution is -0.145. The second kappa shape index (κ2) is 8.67. The van der Waals surface area contributed by atoms with E-state index in [1.807, 2.05) is 6.92 Å². The Morgan fingerprint density at radius 3 is 2.24 bits per heavy atom. The van der Waals surface area contributed by atoms with Gasteiger partial charge in [-0.05, 0) is 37.8 Å². The Morgan fingerprint density at radius 2 is 1.76 bits per heavy atom. The molecule has 0 saturated carbocycles. The maximum atomic E-state index is 11.9. The molecule has 0 aromatic heterocycles. The second-order valence-corrected chi connectivity index (χ2v) is 5.19. The van der Waals surface area contributed by atoms with Crippen molar-refractivity contribution in [2.75, 3.05) is 25.6 Å². The molecule has 0 heterocycles. The molecule has 0 aliphatic rings. The first kappa shape index (κ1) is 17.5. The van der Waals surface area contributed by atoms with E-state index in [1.54, 1.807) is 7.11 Å². The largest absolute Gasteiger partial charge is 0.462 e. The molecule has 118 valence electrons. The highest BCUT2D eigenvalue weighted by Crippen LogP contribution is 2.25. The highest BCUT2D eigenvalue weighted by atomic mass is 16.6. The van der Waals surface area contributed by atoms with E-state index in [0.717, 1.165) is 18.5 Å². The first-order chi connectivity index (χ1) is 10.0. The van der Waals surface area contributed by atoms with Crippen molar-refractivity contribution < 1.29 is 14.3 Å². The minimum atomic E-state index is -0.375. The van der Waals surface area contributed by atoms with Gasteiger partial charge in [-0.1, -0.05) is 31.5 Å². The van der Waals surface area contributed by atoms with Gasteiger partial charge in [-0.15, -0.1) is 0 Å². The molecule has 1 aromatic carbocycles. The number of ether oxygens (including phenoxy) is 2. The van der Waals surface area contributed by atoms with Crippen molar-refractivity contribution in [1.82, 2.24) is 0 Å². The van der Waals surface area contributed by atoms with Crippen LogP contribution in [0.1, 0.15) is 37.5 Å². The van der Waals surface area contributed by atoms with E-state index >= 15 is 0 Å². The third-order valence-corrected chi connectivity index (χ3v) is 3.45.